The minimum absolute atomic E-state index is 0.0524. The Morgan fingerprint density at radius 1 is 1.09 bits per heavy atom. The third-order valence-electron chi connectivity index (χ3n) is 6.00. The summed E-state index contributed by atoms with van der Waals surface area (Å²) in [6.07, 6.45) is 4.27. The Bertz CT molecular complexity index is 1100. The lowest BCUT2D eigenvalue weighted by Crippen LogP contribution is -2.47. The van der Waals surface area contributed by atoms with Gasteiger partial charge in [0, 0.05) is 25.3 Å². The van der Waals surface area contributed by atoms with Crippen LogP contribution in [0.2, 0.25) is 0 Å². The highest BCUT2D eigenvalue weighted by atomic mass is 32.2. The third kappa shape index (κ3) is 4.88. The van der Waals surface area contributed by atoms with Gasteiger partial charge in [-0.2, -0.15) is 0 Å². The molecule has 33 heavy (non-hydrogen) atoms. The van der Waals surface area contributed by atoms with Crippen molar-refractivity contribution >= 4 is 23.8 Å². The zero-order valence-corrected chi connectivity index (χ0v) is 18.8. The van der Waals surface area contributed by atoms with Crippen molar-refractivity contribution < 1.29 is 18.7 Å². The highest BCUT2D eigenvalue weighted by molar-refractivity contribution is 7.99. The number of carbonyl (C=O) groups is 2. The summed E-state index contributed by atoms with van der Waals surface area (Å²) in [6.45, 7) is 1.80. The molecule has 1 unspecified atom stereocenters. The first-order valence-corrected chi connectivity index (χ1v) is 12.0. The maximum Gasteiger partial charge on any atom is 0.410 e. The second-order valence-corrected chi connectivity index (χ2v) is 8.98. The Balaban J connectivity index is 1.11. The molecule has 5 rings (SSSR count). The van der Waals surface area contributed by atoms with E-state index in [1.54, 1.807) is 24.6 Å². The molecule has 170 valence electrons. The zero-order valence-electron chi connectivity index (χ0n) is 18.0. The Morgan fingerprint density at radius 2 is 1.91 bits per heavy atom. The largest absolute Gasteiger partial charge is 0.463 e. The Kier molecular flexibility index (Phi) is 6.30. The van der Waals surface area contributed by atoms with Crippen molar-refractivity contribution in [3.8, 4) is 11.5 Å². The van der Waals surface area contributed by atoms with E-state index in [0.29, 0.717) is 36.2 Å². The van der Waals surface area contributed by atoms with Crippen LogP contribution in [0.25, 0.3) is 11.5 Å². The van der Waals surface area contributed by atoms with Crippen LogP contribution >= 0.6 is 11.8 Å². The number of rotatable bonds is 6. The van der Waals surface area contributed by atoms with E-state index in [1.807, 2.05) is 46.2 Å². The molecule has 3 aromatic rings. The molecular formula is C24H24N4O4S. The molecule has 0 radical (unpaired) electrons. The van der Waals surface area contributed by atoms with E-state index in [0.717, 1.165) is 18.4 Å². The van der Waals surface area contributed by atoms with Gasteiger partial charge in [-0.1, -0.05) is 42.1 Å². The molecule has 2 aromatic heterocycles. The number of carbonyl (C=O) groups excluding carboxylic acids is 2. The number of cyclic esters (lactones) is 1. The standard InChI is InChI=1S/C24H24N4O4S/c29-22(16-33-23-25-11-8-19(26-23)20-7-4-14-31-20)27-12-9-18(10-13-27)28-15-21(32-24(28)30)17-5-2-1-3-6-17/h1-8,11,14,18,21H,9-10,12-13,15-16H2. The molecule has 9 heteroatoms. The van der Waals surface area contributed by atoms with Gasteiger partial charge in [0.15, 0.2) is 10.9 Å². The van der Waals surface area contributed by atoms with Gasteiger partial charge in [0.1, 0.15) is 11.8 Å². The summed E-state index contributed by atoms with van der Waals surface area (Å²) in [5, 5.41) is 0.541. The summed E-state index contributed by atoms with van der Waals surface area (Å²) in [5.41, 5.74) is 1.70. The molecule has 2 amide bonds. The van der Waals surface area contributed by atoms with Gasteiger partial charge in [0.25, 0.3) is 0 Å². The average Bonchev–Trinajstić information content (AvgIpc) is 3.54. The minimum atomic E-state index is -0.266. The van der Waals surface area contributed by atoms with Crippen LogP contribution in [0.3, 0.4) is 0 Å². The van der Waals surface area contributed by atoms with Crippen molar-refractivity contribution in [3.05, 3.63) is 66.6 Å². The number of amides is 2. The first-order valence-electron chi connectivity index (χ1n) is 11.0. The van der Waals surface area contributed by atoms with Crippen LogP contribution < -0.4 is 0 Å². The number of ether oxygens (including phenoxy) is 1. The van der Waals surface area contributed by atoms with E-state index in [1.165, 1.54) is 11.8 Å². The van der Waals surface area contributed by atoms with Crippen molar-refractivity contribution in [2.75, 3.05) is 25.4 Å². The van der Waals surface area contributed by atoms with Crippen molar-refractivity contribution in [1.29, 1.82) is 0 Å². The molecule has 1 aromatic carbocycles. The van der Waals surface area contributed by atoms with Gasteiger partial charge in [-0.25, -0.2) is 14.8 Å². The highest BCUT2D eigenvalue weighted by Gasteiger charge is 2.38. The fraction of sp³-hybridized carbons (Fsp3) is 0.333. The fourth-order valence-electron chi connectivity index (χ4n) is 4.24. The van der Waals surface area contributed by atoms with Gasteiger partial charge in [0.2, 0.25) is 5.91 Å². The van der Waals surface area contributed by atoms with Gasteiger partial charge in [0.05, 0.1) is 18.6 Å². The number of hydrogen-bond donors (Lipinski definition) is 0. The molecular weight excluding hydrogens is 440 g/mol. The van der Waals surface area contributed by atoms with Crippen LogP contribution in [0.1, 0.15) is 24.5 Å². The van der Waals surface area contributed by atoms with E-state index in [9.17, 15) is 9.59 Å². The summed E-state index contributed by atoms with van der Waals surface area (Å²) in [5.74, 6) is 0.993. The smallest absolute Gasteiger partial charge is 0.410 e. The molecule has 0 N–H and O–H groups in total. The molecule has 1 atom stereocenters. The lowest BCUT2D eigenvalue weighted by molar-refractivity contribution is -0.129. The van der Waals surface area contributed by atoms with Crippen LogP contribution in [0, 0.1) is 0 Å². The number of nitrogens with zero attached hydrogens (tertiary/aromatic N) is 4. The lowest BCUT2D eigenvalue weighted by atomic mass is 10.0. The predicted octanol–water partition coefficient (Wildman–Crippen LogP) is 4.01. The fourth-order valence-corrected chi connectivity index (χ4v) is 4.97. The number of aromatic nitrogens is 2. The number of piperidine rings is 1. The number of benzene rings is 1. The number of hydrogen-bond acceptors (Lipinski definition) is 7. The molecule has 4 heterocycles. The molecule has 8 nitrogen and oxygen atoms in total. The lowest BCUT2D eigenvalue weighted by Gasteiger charge is -2.35. The Hall–Kier alpha value is -3.33. The molecule has 0 bridgehead atoms. The molecule has 2 saturated heterocycles. The minimum Gasteiger partial charge on any atom is -0.463 e. The Labute approximate surface area is 195 Å². The van der Waals surface area contributed by atoms with Crippen molar-refractivity contribution in [3.63, 3.8) is 0 Å². The first kappa shape index (κ1) is 21.5. The number of furan rings is 1. The van der Waals surface area contributed by atoms with Crippen LogP contribution in [-0.2, 0) is 9.53 Å². The van der Waals surface area contributed by atoms with Gasteiger partial charge >= 0.3 is 6.09 Å². The van der Waals surface area contributed by atoms with Crippen LogP contribution in [0.5, 0.6) is 0 Å². The normalized spacial score (nSPS) is 19.0. The van der Waals surface area contributed by atoms with Crippen molar-refractivity contribution in [1.82, 2.24) is 19.8 Å². The van der Waals surface area contributed by atoms with E-state index in [2.05, 4.69) is 9.97 Å². The molecule has 0 saturated carbocycles. The third-order valence-corrected chi connectivity index (χ3v) is 6.85. The zero-order chi connectivity index (χ0) is 22.6. The maximum absolute atomic E-state index is 12.7. The summed E-state index contributed by atoms with van der Waals surface area (Å²) in [6, 6.07) is 15.3. The second-order valence-electron chi connectivity index (χ2n) is 8.04. The summed E-state index contributed by atoms with van der Waals surface area (Å²) >= 11 is 1.32. The predicted molar refractivity (Wildman–Crippen MR) is 122 cm³/mol. The van der Waals surface area contributed by atoms with E-state index < -0.39 is 0 Å². The Morgan fingerprint density at radius 3 is 2.67 bits per heavy atom. The second kappa shape index (κ2) is 9.66. The van der Waals surface area contributed by atoms with Crippen LogP contribution in [-0.4, -0.2) is 63.2 Å². The van der Waals surface area contributed by atoms with Crippen molar-refractivity contribution in [2.24, 2.45) is 0 Å². The van der Waals surface area contributed by atoms with E-state index >= 15 is 0 Å². The molecule has 0 aliphatic carbocycles. The van der Waals surface area contributed by atoms with Gasteiger partial charge < -0.3 is 19.0 Å². The summed E-state index contributed by atoms with van der Waals surface area (Å²) < 4.78 is 11.0. The van der Waals surface area contributed by atoms with Gasteiger partial charge in [-0.3, -0.25) is 4.79 Å². The molecule has 0 spiro atoms. The number of thioether (sulfide) groups is 1. The van der Waals surface area contributed by atoms with E-state index in [-0.39, 0.29) is 29.9 Å². The highest BCUT2D eigenvalue weighted by Crippen LogP contribution is 2.30. The SMILES string of the molecule is O=C(CSc1nccc(-c2ccco2)n1)N1CCC(N2CC(c3ccccc3)OC2=O)CC1. The van der Waals surface area contributed by atoms with Crippen LogP contribution in [0.15, 0.2) is 70.6 Å². The monoisotopic (exact) mass is 464 g/mol. The van der Waals surface area contributed by atoms with Gasteiger partial charge in [-0.15, -0.1) is 0 Å². The van der Waals surface area contributed by atoms with E-state index in [4.69, 9.17) is 9.15 Å². The molecule has 2 aliphatic rings. The summed E-state index contributed by atoms with van der Waals surface area (Å²) in [7, 11) is 0. The van der Waals surface area contributed by atoms with Crippen LogP contribution in [0.4, 0.5) is 4.79 Å². The quantitative estimate of drug-likeness (QED) is 0.402. The topological polar surface area (TPSA) is 88.8 Å². The molecule has 2 aliphatic heterocycles. The van der Waals surface area contributed by atoms with Crippen molar-refractivity contribution in [2.45, 2.75) is 30.1 Å². The maximum atomic E-state index is 12.7. The average molecular weight is 465 g/mol. The molecule has 2 fully saturated rings. The summed E-state index contributed by atoms with van der Waals surface area (Å²) in [4.78, 5) is 37.6. The van der Waals surface area contributed by atoms with Gasteiger partial charge in [-0.05, 0) is 36.6 Å². The number of likely N-dealkylation sites (tertiary alicyclic amines) is 1. The first-order chi connectivity index (χ1) is 16.2.